The molecule has 0 aliphatic rings. The van der Waals surface area contributed by atoms with E-state index in [1.807, 2.05) is 0 Å². The van der Waals surface area contributed by atoms with Gasteiger partial charge in [0.25, 0.3) is 0 Å². The van der Waals surface area contributed by atoms with Gasteiger partial charge in [0.1, 0.15) is 0 Å². The lowest BCUT2D eigenvalue weighted by Gasteiger charge is -2.40. The van der Waals surface area contributed by atoms with E-state index in [1.54, 1.807) is 0 Å². The molecule has 0 bridgehead atoms. The summed E-state index contributed by atoms with van der Waals surface area (Å²) >= 11 is 0. The lowest BCUT2D eigenvalue weighted by Crippen LogP contribution is -2.51. The van der Waals surface area contributed by atoms with Gasteiger partial charge in [-0.2, -0.15) is 0 Å². The predicted octanol–water partition coefficient (Wildman–Crippen LogP) is -2.48. The second-order valence-electron chi connectivity index (χ2n) is 5.40. The molecule has 0 rings (SSSR count). The van der Waals surface area contributed by atoms with Crippen LogP contribution in [0.1, 0.15) is 0 Å². The lowest BCUT2D eigenvalue weighted by molar-refractivity contribution is -0.0662. The third-order valence-corrected chi connectivity index (χ3v) is 3.14. The molecule has 0 atom stereocenters. The molecule has 13 heteroatoms. The Labute approximate surface area is 171 Å². The quantitative estimate of drug-likeness (QED) is 0.0945. The molecule has 0 aromatic heterocycles. The van der Waals surface area contributed by atoms with Gasteiger partial charge in [-0.3, -0.25) is 0 Å². The topological polar surface area (TPSA) is 155 Å². The average molecular weight is 431 g/mol. The van der Waals surface area contributed by atoms with Crippen molar-refractivity contribution >= 4 is 6.96 Å². The highest BCUT2D eigenvalue weighted by molar-refractivity contribution is 6.53. The Bertz CT molecular complexity index is 296. The van der Waals surface area contributed by atoms with Crippen LogP contribution in [0.15, 0.2) is 0 Å². The molecule has 0 aliphatic heterocycles. The number of hydrogen-bond acceptors (Lipinski definition) is 12. The van der Waals surface area contributed by atoms with E-state index in [4.69, 9.17) is 58.0 Å². The standard InChI is InChI=1S/C16H36BO12/c18-1-5-22-9-11-24-13-15-28-17(26-7-3-20,27-8-4-21)29-16-14-25-12-10-23-6-2-19/h18-21H,1-16H2/q-1. The maximum atomic E-state index is 9.04. The van der Waals surface area contributed by atoms with Crippen molar-refractivity contribution in [3.8, 4) is 0 Å². The Balaban J connectivity index is 4.25. The summed E-state index contributed by atoms with van der Waals surface area (Å²) in [5, 5.41) is 35.3. The van der Waals surface area contributed by atoms with E-state index in [0.29, 0.717) is 26.4 Å². The van der Waals surface area contributed by atoms with Gasteiger partial charge in [0.05, 0.1) is 79.3 Å². The molecule has 0 aromatic carbocycles. The fourth-order valence-corrected chi connectivity index (χ4v) is 1.96. The molecule has 0 spiro atoms. The molecule has 0 unspecified atom stereocenters. The van der Waals surface area contributed by atoms with Crippen molar-refractivity contribution in [1.82, 2.24) is 0 Å². The summed E-state index contributed by atoms with van der Waals surface area (Å²) < 4.78 is 42.8. The van der Waals surface area contributed by atoms with Gasteiger partial charge in [0, 0.05) is 26.4 Å². The van der Waals surface area contributed by atoms with E-state index in [1.165, 1.54) is 0 Å². The van der Waals surface area contributed by atoms with Crippen molar-refractivity contribution in [2.24, 2.45) is 0 Å². The van der Waals surface area contributed by atoms with Crippen LogP contribution in [0.2, 0.25) is 0 Å². The summed E-state index contributed by atoms with van der Waals surface area (Å²) in [6, 6.07) is 0. The molecule has 0 saturated carbocycles. The molecule has 4 N–H and O–H groups in total. The van der Waals surface area contributed by atoms with Gasteiger partial charge in [-0.15, -0.1) is 0 Å². The summed E-state index contributed by atoms with van der Waals surface area (Å²) in [6.45, 7) is -1.08. The van der Waals surface area contributed by atoms with Crippen molar-refractivity contribution in [3.63, 3.8) is 0 Å². The van der Waals surface area contributed by atoms with Gasteiger partial charge in [-0.25, -0.2) is 0 Å². The van der Waals surface area contributed by atoms with Crippen molar-refractivity contribution in [2.45, 2.75) is 0 Å². The minimum absolute atomic E-state index is 0.0463. The van der Waals surface area contributed by atoms with Crippen LogP contribution in [-0.4, -0.2) is 133 Å². The normalized spacial score (nSPS) is 12.0. The van der Waals surface area contributed by atoms with Crippen LogP contribution in [-0.2, 0) is 37.6 Å². The zero-order valence-corrected chi connectivity index (χ0v) is 16.9. The first-order valence-electron chi connectivity index (χ1n) is 9.67. The molecule has 0 radical (unpaired) electrons. The zero-order valence-electron chi connectivity index (χ0n) is 16.9. The highest BCUT2D eigenvalue weighted by Crippen LogP contribution is 2.12. The largest absolute Gasteiger partial charge is 0.531 e. The van der Waals surface area contributed by atoms with Gasteiger partial charge in [-0.05, 0) is 0 Å². The molecule has 0 aromatic rings. The Morgan fingerprint density at radius 1 is 0.345 bits per heavy atom. The fourth-order valence-electron chi connectivity index (χ4n) is 1.96. The SMILES string of the molecule is OCCOCCOCCO[B-](OCCO)(OCCO)OCCOCCOCCO. The highest BCUT2D eigenvalue weighted by atomic mass is 16.9. The van der Waals surface area contributed by atoms with Crippen LogP contribution < -0.4 is 0 Å². The number of aliphatic hydroxyl groups is 4. The van der Waals surface area contributed by atoms with Gasteiger partial charge in [0.2, 0.25) is 0 Å². The van der Waals surface area contributed by atoms with Gasteiger partial charge >= 0.3 is 6.96 Å². The summed E-state index contributed by atoms with van der Waals surface area (Å²) in [5.74, 6) is 0. The number of aliphatic hydroxyl groups excluding tert-OH is 4. The lowest BCUT2D eigenvalue weighted by atomic mass is 10.0. The molecule has 0 heterocycles. The van der Waals surface area contributed by atoms with E-state index in [2.05, 4.69) is 0 Å². The second kappa shape index (κ2) is 22.3. The third kappa shape index (κ3) is 18.1. The Morgan fingerprint density at radius 3 is 0.966 bits per heavy atom. The van der Waals surface area contributed by atoms with Crippen LogP contribution in [0.5, 0.6) is 0 Å². The second-order valence-corrected chi connectivity index (χ2v) is 5.40. The van der Waals surface area contributed by atoms with Crippen molar-refractivity contribution in [1.29, 1.82) is 0 Å². The maximum absolute atomic E-state index is 9.04. The van der Waals surface area contributed by atoms with E-state index >= 15 is 0 Å². The molecule has 0 saturated heterocycles. The van der Waals surface area contributed by atoms with Crippen LogP contribution in [0.25, 0.3) is 0 Å². The van der Waals surface area contributed by atoms with Crippen LogP contribution in [0, 0.1) is 0 Å². The van der Waals surface area contributed by atoms with Gasteiger partial charge in [0.15, 0.2) is 0 Å². The van der Waals surface area contributed by atoms with Crippen LogP contribution in [0.3, 0.4) is 0 Å². The maximum Gasteiger partial charge on any atom is 0.531 e. The smallest absolute Gasteiger partial charge is 0.517 e. The molecule has 12 nitrogen and oxygen atoms in total. The van der Waals surface area contributed by atoms with Crippen molar-refractivity contribution in [3.05, 3.63) is 0 Å². The molecule has 0 amide bonds. The predicted molar refractivity (Wildman–Crippen MR) is 101 cm³/mol. The summed E-state index contributed by atoms with van der Waals surface area (Å²) in [5.41, 5.74) is 0. The first kappa shape index (κ1) is 28.6. The highest BCUT2D eigenvalue weighted by Gasteiger charge is 2.32. The molecule has 29 heavy (non-hydrogen) atoms. The molecule has 0 fully saturated rings. The zero-order chi connectivity index (χ0) is 21.5. The minimum Gasteiger partial charge on any atom is -0.517 e. The number of ether oxygens (including phenoxy) is 4. The Hall–Kier alpha value is -0.415. The Morgan fingerprint density at radius 2 is 0.621 bits per heavy atom. The first-order valence-corrected chi connectivity index (χ1v) is 9.67. The third-order valence-electron chi connectivity index (χ3n) is 3.14. The van der Waals surface area contributed by atoms with Crippen LogP contribution in [0.4, 0.5) is 0 Å². The molecular weight excluding hydrogens is 395 g/mol. The molecular formula is C16H36BO12-. The Kier molecular flexibility index (Phi) is 22.0. The minimum atomic E-state index is -2.68. The number of hydrogen-bond donors (Lipinski definition) is 4. The average Bonchev–Trinajstić information content (AvgIpc) is 2.74. The van der Waals surface area contributed by atoms with E-state index in [9.17, 15) is 0 Å². The first-order chi connectivity index (χ1) is 14.2. The fraction of sp³-hybridized carbons (Fsp3) is 1.00. The summed E-state index contributed by atoms with van der Waals surface area (Å²) in [4.78, 5) is 0. The monoisotopic (exact) mass is 431 g/mol. The molecule has 176 valence electrons. The van der Waals surface area contributed by atoms with E-state index in [0.717, 1.165) is 0 Å². The van der Waals surface area contributed by atoms with Crippen molar-refractivity contribution < 1.29 is 58.0 Å². The van der Waals surface area contributed by atoms with E-state index in [-0.39, 0.29) is 79.3 Å². The van der Waals surface area contributed by atoms with Gasteiger partial charge < -0.3 is 58.0 Å². The summed E-state index contributed by atoms with van der Waals surface area (Å²) in [6.07, 6.45) is 0. The van der Waals surface area contributed by atoms with E-state index < -0.39 is 6.96 Å². The van der Waals surface area contributed by atoms with Crippen LogP contribution >= 0.6 is 0 Å². The van der Waals surface area contributed by atoms with Gasteiger partial charge in [-0.1, -0.05) is 0 Å². The summed E-state index contributed by atoms with van der Waals surface area (Å²) in [7, 11) is 0. The number of rotatable bonds is 24. The van der Waals surface area contributed by atoms with Crippen molar-refractivity contribution in [2.75, 3.05) is 106 Å². The molecule has 0 aliphatic carbocycles.